The van der Waals surface area contributed by atoms with Crippen LogP contribution in [0.1, 0.15) is 46.0 Å². The number of nitrogens with one attached hydrogen (secondary N) is 1. The van der Waals surface area contributed by atoms with E-state index < -0.39 is 0 Å². The molecule has 2 heterocycles. The minimum absolute atomic E-state index is 0.511. The van der Waals surface area contributed by atoms with E-state index in [2.05, 4.69) is 24.1 Å². The summed E-state index contributed by atoms with van der Waals surface area (Å²) in [6.45, 7) is 11.6. The molecule has 1 unspecified atom stereocenters. The molecule has 3 nitrogen and oxygen atoms in total. The van der Waals surface area contributed by atoms with Crippen LogP contribution in [-0.4, -0.2) is 50.3 Å². The van der Waals surface area contributed by atoms with Gasteiger partial charge in [0.25, 0.3) is 0 Å². The van der Waals surface area contributed by atoms with Crippen LogP contribution in [0.4, 0.5) is 0 Å². The Morgan fingerprint density at radius 3 is 2.63 bits per heavy atom. The smallest absolute Gasteiger partial charge is 0.0600 e. The van der Waals surface area contributed by atoms with Crippen LogP contribution in [0.2, 0.25) is 0 Å². The van der Waals surface area contributed by atoms with Crippen molar-refractivity contribution in [3.8, 4) is 0 Å². The van der Waals surface area contributed by atoms with Gasteiger partial charge in [0.05, 0.1) is 12.7 Å². The van der Waals surface area contributed by atoms with E-state index >= 15 is 0 Å². The van der Waals surface area contributed by atoms with E-state index in [-0.39, 0.29) is 0 Å². The van der Waals surface area contributed by atoms with Crippen LogP contribution in [0.3, 0.4) is 0 Å². The highest BCUT2D eigenvalue weighted by Crippen LogP contribution is 2.24. The van der Waals surface area contributed by atoms with Crippen LogP contribution >= 0.6 is 0 Å². The lowest BCUT2D eigenvalue weighted by atomic mass is 9.89. The Hall–Kier alpha value is -0.120. The molecule has 2 saturated heterocycles. The molecular formula is C16H32N2O. The zero-order valence-electron chi connectivity index (χ0n) is 12.9. The third kappa shape index (κ3) is 5.41. The number of hydrogen-bond donors (Lipinski definition) is 1. The van der Waals surface area contributed by atoms with Gasteiger partial charge < -0.3 is 15.0 Å². The molecule has 2 aliphatic heterocycles. The van der Waals surface area contributed by atoms with Crippen molar-refractivity contribution >= 4 is 0 Å². The Morgan fingerprint density at radius 1 is 1.11 bits per heavy atom. The summed E-state index contributed by atoms with van der Waals surface area (Å²) in [4.78, 5) is 2.61. The summed E-state index contributed by atoms with van der Waals surface area (Å²) < 4.78 is 6.02. The lowest BCUT2D eigenvalue weighted by Crippen LogP contribution is -2.35. The van der Waals surface area contributed by atoms with E-state index in [9.17, 15) is 0 Å². The summed E-state index contributed by atoms with van der Waals surface area (Å²) in [6.07, 6.45) is 7.06. The third-order valence-corrected chi connectivity index (χ3v) is 4.86. The van der Waals surface area contributed by atoms with E-state index in [4.69, 9.17) is 4.74 Å². The highest BCUT2D eigenvalue weighted by molar-refractivity contribution is 4.73. The maximum Gasteiger partial charge on any atom is 0.0600 e. The van der Waals surface area contributed by atoms with Gasteiger partial charge in [-0.2, -0.15) is 0 Å². The molecule has 0 spiro atoms. The van der Waals surface area contributed by atoms with Crippen molar-refractivity contribution in [2.45, 2.75) is 52.1 Å². The summed E-state index contributed by atoms with van der Waals surface area (Å²) in [5.41, 5.74) is 0. The highest BCUT2D eigenvalue weighted by Gasteiger charge is 2.19. The molecule has 1 N–H and O–H groups in total. The van der Waals surface area contributed by atoms with E-state index in [1.807, 2.05) is 0 Å². The zero-order valence-corrected chi connectivity index (χ0v) is 12.9. The second-order valence-corrected chi connectivity index (χ2v) is 6.60. The average molecular weight is 268 g/mol. The van der Waals surface area contributed by atoms with Gasteiger partial charge in [0.15, 0.2) is 0 Å². The van der Waals surface area contributed by atoms with Gasteiger partial charge in [-0.05, 0) is 70.1 Å². The standard InChI is InChI=1S/C16H32N2O/c1-14(2)15-4-3-10-18(11-7-15)12-13-19-16-5-8-17-9-6-16/h14-17H,3-13H2,1-2H3. The van der Waals surface area contributed by atoms with Gasteiger partial charge >= 0.3 is 0 Å². The monoisotopic (exact) mass is 268 g/mol. The van der Waals surface area contributed by atoms with Crippen LogP contribution in [0.25, 0.3) is 0 Å². The summed E-state index contributed by atoms with van der Waals surface area (Å²) >= 11 is 0. The molecule has 3 heteroatoms. The van der Waals surface area contributed by atoms with E-state index in [1.165, 1.54) is 45.2 Å². The van der Waals surface area contributed by atoms with Gasteiger partial charge in [-0.15, -0.1) is 0 Å². The molecule has 1 atom stereocenters. The maximum atomic E-state index is 6.02. The maximum absolute atomic E-state index is 6.02. The SMILES string of the molecule is CC(C)C1CCCN(CCOC2CCNCC2)CC1. The van der Waals surface area contributed by atoms with Crippen LogP contribution in [0, 0.1) is 11.8 Å². The Labute approximate surface area is 119 Å². The summed E-state index contributed by atoms with van der Waals surface area (Å²) in [7, 11) is 0. The molecule has 0 saturated carbocycles. The van der Waals surface area contributed by atoms with E-state index in [0.29, 0.717) is 6.10 Å². The largest absolute Gasteiger partial charge is 0.377 e. The average Bonchev–Trinajstić information content (AvgIpc) is 2.66. The molecule has 0 radical (unpaired) electrons. The highest BCUT2D eigenvalue weighted by atomic mass is 16.5. The van der Waals surface area contributed by atoms with E-state index in [0.717, 1.165) is 38.1 Å². The van der Waals surface area contributed by atoms with Gasteiger partial charge in [0.1, 0.15) is 0 Å². The number of likely N-dealkylation sites (tertiary alicyclic amines) is 1. The molecule has 2 fully saturated rings. The van der Waals surface area contributed by atoms with Gasteiger partial charge in [-0.25, -0.2) is 0 Å². The Kier molecular flexibility index (Phi) is 6.62. The molecule has 0 aromatic rings. The topological polar surface area (TPSA) is 24.5 Å². The summed E-state index contributed by atoms with van der Waals surface area (Å²) in [6, 6.07) is 0. The summed E-state index contributed by atoms with van der Waals surface area (Å²) in [5, 5.41) is 3.39. The zero-order chi connectivity index (χ0) is 13.5. The summed E-state index contributed by atoms with van der Waals surface area (Å²) in [5.74, 6) is 1.79. The molecular weight excluding hydrogens is 236 g/mol. The minimum Gasteiger partial charge on any atom is -0.377 e. The first-order chi connectivity index (χ1) is 9.25. The van der Waals surface area contributed by atoms with Crippen LogP contribution in [0.15, 0.2) is 0 Å². The molecule has 0 aromatic carbocycles. The number of hydrogen-bond acceptors (Lipinski definition) is 3. The molecule has 19 heavy (non-hydrogen) atoms. The lowest BCUT2D eigenvalue weighted by Gasteiger charge is -2.25. The fourth-order valence-electron chi connectivity index (χ4n) is 3.38. The Balaban J connectivity index is 1.60. The molecule has 2 aliphatic rings. The van der Waals surface area contributed by atoms with Crippen LogP contribution in [-0.2, 0) is 4.74 Å². The van der Waals surface area contributed by atoms with Crippen LogP contribution < -0.4 is 5.32 Å². The predicted octanol–water partition coefficient (Wildman–Crippen LogP) is 2.51. The molecule has 0 aromatic heterocycles. The lowest BCUT2D eigenvalue weighted by molar-refractivity contribution is 0.0204. The number of piperidine rings is 1. The predicted molar refractivity (Wildman–Crippen MR) is 80.5 cm³/mol. The molecule has 0 amide bonds. The van der Waals surface area contributed by atoms with Crippen molar-refractivity contribution in [3.05, 3.63) is 0 Å². The number of nitrogens with zero attached hydrogens (tertiary/aromatic N) is 1. The van der Waals surface area contributed by atoms with Crippen molar-refractivity contribution in [1.29, 1.82) is 0 Å². The van der Waals surface area contributed by atoms with Crippen molar-refractivity contribution in [1.82, 2.24) is 10.2 Å². The first kappa shape index (κ1) is 15.3. The second-order valence-electron chi connectivity index (χ2n) is 6.60. The first-order valence-corrected chi connectivity index (χ1v) is 8.30. The fraction of sp³-hybridized carbons (Fsp3) is 1.00. The molecule has 2 rings (SSSR count). The normalized spacial score (nSPS) is 27.6. The molecule has 112 valence electrons. The van der Waals surface area contributed by atoms with Crippen LogP contribution in [0.5, 0.6) is 0 Å². The quantitative estimate of drug-likeness (QED) is 0.829. The van der Waals surface area contributed by atoms with Gasteiger partial charge in [0.2, 0.25) is 0 Å². The fourth-order valence-corrected chi connectivity index (χ4v) is 3.38. The Bertz CT molecular complexity index is 239. The number of ether oxygens (including phenoxy) is 1. The van der Waals surface area contributed by atoms with Crippen molar-refractivity contribution in [2.24, 2.45) is 11.8 Å². The molecule has 0 aliphatic carbocycles. The second kappa shape index (κ2) is 8.23. The van der Waals surface area contributed by atoms with Crippen molar-refractivity contribution in [2.75, 3.05) is 39.3 Å². The first-order valence-electron chi connectivity index (χ1n) is 8.30. The van der Waals surface area contributed by atoms with Gasteiger partial charge in [-0.3, -0.25) is 0 Å². The van der Waals surface area contributed by atoms with Crippen molar-refractivity contribution in [3.63, 3.8) is 0 Å². The van der Waals surface area contributed by atoms with Gasteiger partial charge in [0, 0.05) is 6.54 Å². The minimum atomic E-state index is 0.511. The molecule has 0 bridgehead atoms. The van der Waals surface area contributed by atoms with Crippen molar-refractivity contribution < 1.29 is 4.74 Å². The number of rotatable bonds is 5. The third-order valence-electron chi connectivity index (χ3n) is 4.86. The Morgan fingerprint density at radius 2 is 1.89 bits per heavy atom. The van der Waals surface area contributed by atoms with Gasteiger partial charge in [-0.1, -0.05) is 13.8 Å². The van der Waals surface area contributed by atoms with E-state index in [1.54, 1.807) is 0 Å².